The van der Waals surface area contributed by atoms with Crippen LogP contribution in [0.4, 0.5) is 0 Å². The van der Waals surface area contributed by atoms with Crippen molar-refractivity contribution < 1.29 is 0 Å². The molecule has 0 saturated heterocycles. The van der Waals surface area contributed by atoms with Gasteiger partial charge in [0.15, 0.2) is 0 Å². The second kappa shape index (κ2) is 6.31. The molecule has 2 rings (SSSR count). The molecule has 0 radical (unpaired) electrons. The number of nitrogens with zero attached hydrogens (tertiary/aromatic N) is 1. The van der Waals surface area contributed by atoms with Crippen LogP contribution in [-0.2, 0) is 12.8 Å². The van der Waals surface area contributed by atoms with E-state index >= 15 is 0 Å². The topological polar surface area (TPSA) is 38.9 Å². The number of rotatable bonds is 4. The van der Waals surface area contributed by atoms with E-state index in [0.29, 0.717) is 0 Å². The van der Waals surface area contributed by atoms with Crippen LogP contribution in [0.3, 0.4) is 0 Å². The Labute approximate surface area is 123 Å². The van der Waals surface area contributed by atoms with Gasteiger partial charge in [-0.05, 0) is 70.9 Å². The Bertz CT molecular complexity index is 566. The summed E-state index contributed by atoms with van der Waals surface area (Å²) in [7, 11) is 0. The lowest BCUT2D eigenvalue weighted by Crippen LogP contribution is -2.25. The molecule has 0 aliphatic heterocycles. The fourth-order valence-electron chi connectivity index (χ4n) is 2.18. The Morgan fingerprint density at radius 2 is 1.79 bits per heavy atom. The van der Waals surface area contributed by atoms with E-state index in [1.165, 1.54) is 22.3 Å². The Balaban J connectivity index is 2.01. The summed E-state index contributed by atoms with van der Waals surface area (Å²) in [5.74, 6) is 0. The van der Waals surface area contributed by atoms with Crippen LogP contribution in [0.1, 0.15) is 22.3 Å². The largest absolute Gasteiger partial charge is 0.327 e. The van der Waals surface area contributed by atoms with Crippen LogP contribution in [-0.4, -0.2) is 11.0 Å². The fourth-order valence-corrected chi connectivity index (χ4v) is 2.59. The number of nitrogens with two attached hydrogens (primary N) is 1. The zero-order valence-electron chi connectivity index (χ0n) is 11.4. The molecule has 2 nitrogen and oxygen atoms in total. The van der Waals surface area contributed by atoms with Crippen molar-refractivity contribution in [1.82, 2.24) is 4.98 Å². The second-order valence-electron chi connectivity index (χ2n) is 5.10. The normalized spacial score (nSPS) is 12.4. The van der Waals surface area contributed by atoms with E-state index in [4.69, 9.17) is 5.73 Å². The molecule has 0 bridgehead atoms. The summed E-state index contributed by atoms with van der Waals surface area (Å²) in [6.45, 7) is 4.27. The number of aromatic nitrogens is 1. The average Bonchev–Trinajstić information content (AvgIpc) is 2.34. The van der Waals surface area contributed by atoms with Gasteiger partial charge in [0.2, 0.25) is 0 Å². The minimum Gasteiger partial charge on any atom is -0.327 e. The molecule has 0 aliphatic carbocycles. The minimum absolute atomic E-state index is 0.123. The Morgan fingerprint density at radius 1 is 1.05 bits per heavy atom. The Morgan fingerprint density at radius 3 is 2.47 bits per heavy atom. The van der Waals surface area contributed by atoms with E-state index in [2.05, 4.69) is 59.0 Å². The van der Waals surface area contributed by atoms with Crippen LogP contribution in [0.15, 0.2) is 41.1 Å². The summed E-state index contributed by atoms with van der Waals surface area (Å²) >= 11 is 3.43. The third-order valence-corrected chi connectivity index (χ3v) is 3.76. The minimum atomic E-state index is 0.123. The summed E-state index contributed by atoms with van der Waals surface area (Å²) in [6.07, 6.45) is 5.41. The van der Waals surface area contributed by atoms with Gasteiger partial charge >= 0.3 is 0 Å². The monoisotopic (exact) mass is 318 g/mol. The Hall–Kier alpha value is -1.19. The van der Waals surface area contributed by atoms with Crippen molar-refractivity contribution in [1.29, 1.82) is 0 Å². The smallest absolute Gasteiger partial charge is 0.0410 e. The lowest BCUT2D eigenvalue weighted by molar-refractivity contribution is 0.662. The molecule has 2 N–H and O–H groups in total. The van der Waals surface area contributed by atoms with Crippen molar-refractivity contribution in [3.8, 4) is 0 Å². The van der Waals surface area contributed by atoms with Crippen molar-refractivity contribution in [3.05, 3.63) is 63.4 Å². The number of hydrogen-bond donors (Lipinski definition) is 1. The highest BCUT2D eigenvalue weighted by atomic mass is 79.9. The van der Waals surface area contributed by atoms with Gasteiger partial charge in [-0.3, -0.25) is 4.98 Å². The number of pyridine rings is 1. The van der Waals surface area contributed by atoms with Gasteiger partial charge in [0.1, 0.15) is 0 Å². The summed E-state index contributed by atoms with van der Waals surface area (Å²) in [5, 5.41) is 0. The molecule has 0 spiro atoms. The molecule has 2 aromatic rings. The molecule has 1 atom stereocenters. The molecule has 1 heterocycles. The number of hydrogen-bond acceptors (Lipinski definition) is 2. The van der Waals surface area contributed by atoms with Crippen LogP contribution in [0.25, 0.3) is 0 Å². The third-order valence-electron chi connectivity index (χ3n) is 3.33. The maximum Gasteiger partial charge on any atom is 0.0410 e. The van der Waals surface area contributed by atoms with Gasteiger partial charge in [-0.2, -0.15) is 0 Å². The predicted octanol–water partition coefficient (Wildman–Crippen LogP) is 3.57. The van der Waals surface area contributed by atoms with Crippen LogP contribution in [0.2, 0.25) is 0 Å². The van der Waals surface area contributed by atoms with Crippen molar-refractivity contribution in [2.75, 3.05) is 0 Å². The predicted molar refractivity (Wildman–Crippen MR) is 83.2 cm³/mol. The van der Waals surface area contributed by atoms with E-state index in [-0.39, 0.29) is 6.04 Å². The van der Waals surface area contributed by atoms with Gasteiger partial charge in [-0.1, -0.05) is 18.2 Å². The van der Waals surface area contributed by atoms with Gasteiger partial charge in [-0.15, -0.1) is 0 Å². The highest BCUT2D eigenvalue weighted by Gasteiger charge is 2.07. The summed E-state index contributed by atoms with van der Waals surface area (Å²) in [6, 6.07) is 8.76. The molecule has 100 valence electrons. The van der Waals surface area contributed by atoms with Gasteiger partial charge < -0.3 is 5.73 Å². The summed E-state index contributed by atoms with van der Waals surface area (Å²) in [5.41, 5.74) is 11.4. The van der Waals surface area contributed by atoms with E-state index in [0.717, 1.165) is 17.3 Å². The molecule has 1 aromatic carbocycles. The first-order chi connectivity index (χ1) is 9.04. The van der Waals surface area contributed by atoms with Crippen molar-refractivity contribution in [2.45, 2.75) is 32.7 Å². The van der Waals surface area contributed by atoms with Crippen molar-refractivity contribution in [2.24, 2.45) is 5.73 Å². The molecule has 3 heteroatoms. The molecular weight excluding hydrogens is 300 g/mol. The van der Waals surface area contributed by atoms with Gasteiger partial charge in [0.05, 0.1) is 0 Å². The standard InChI is InChI=1S/C16H19BrN2/c1-11-3-4-13(5-12(11)2)7-16(18)8-14-6-15(17)10-19-9-14/h3-6,9-10,16H,7-8,18H2,1-2H3. The number of halogens is 1. The first-order valence-corrected chi connectivity index (χ1v) is 7.25. The SMILES string of the molecule is Cc1ccc(CC(N)Cc2cncc(Br)c2)cc1C. The molecule has 1 unspecified atom stereocenters. The number of benzene rings is 1. The maximum atomic E-state index is 6.23. The van der Waals surface area contributed by atoms with Crippen LogP contribution in [0, 0.1) is 13.8 Å². The summed E-state index contributed by atoms with van der Waals surface area (Å²) in [4.78, 5) is 4.17. The van der Waals surface area contributed by atoms with Gasteiger partial charge in [0, 0.05) is 22.9 Å². The van der Waals surface area contributed by atoms with Crippen molar-refractivity contribution >= 4 is 15.9 Å². The molecule has 0 amide bonds. The van der Waals surface area contributed by atoms with E-state index in [1.54, 1.807) is 6.20 Å². The molecule has 0 saturated carbocycles. The molecule has 0 fully saturated rings. The second-order valence-corrected chi connectivity index (χ2v) is 6.01. The van der Waals surface area contributed by atoms with E-state index < -0.39 is 0 Å². The third kappa shape index (κ3) is 4.15. The molecular formula is C16H19BrN2. The quantitative estimate of drug-likeness (QED) is 0.935. The lowest BCUT2D eigenvalue weighted by Gasteiger charge is -2.13. The highest BCUT2D eigenvalue weighted by Crippen LogP contribution is 2.14. The van der Waals surface area contributed by atoms with Crippen LogP contribution in [0.5, 0.6) is 0 Å². The van der Waals surface area contributed by atoms with Crippen molar-refractivity contribution in [3.63, 3.8) is 0 Å². The number of aryl methyl sites for hydroxylation is 2. The molecule has 1 aromatic heterocycles. The van der Waals surface area contributed by atoms with Gasteiger partial charge in [0.25, 0.3) is 0 Å². The molecule has 0 aliphatic rings. The fraction of sp³-hybridized carbons (Fsp3) is 0.312. The zero-order valence-corrected chi connectivity index (χ0v) is 12.9. The Kier molecular flexibility index (Phi) is 4.72. The lowest BCUT2D eigenvalue weighted by atomic mass is 9.98. The maximum absolute atomic E-state index is 6.23. The van der Waals surface area contributed by atoms with E-state index in [1.807, 2.05) is 6.20 Å². The van der Waals surface area contributed by atoms with E-state index in [9.17, 15) is 0 Å². The zero-order chi connectivity index (χ0) is 13.8. The van der Waals surface area contributed by atoms with Crippen LogP contribution < -0.4 is 5.73 Å². The average molecular weight is 319 g/mol. The highest BCUT2D eigenvalue weighted by molar-refractivity contribution is 9.10. The van der Waals surface area contributed by atoms with Crippen LogP contribution >= 0.6 is 15.9 Å². The first-order valence-electron chi connectivity index (χ1n) is 6.46. The molecule has 19 heavy (non-hydrogen) atoms. The first kappa shape index (κ1) is 14.2. The van der Waals surface area contributed by atoms with Gasteiger partial charge in [-0.25, -0.2) is 0 Å². The summed E-state index contributed by atoms with van der Waals surface area (Å²) < 4.78 is 1.00.